The van der Waals surface area contributed by atoms with Gasteiger partial charge in [0.05, 0.1) is 5.92 Å². The maximum atomic E-state index is 11.1. The predicted octanol–water partition coefficient (Wildman–Crippen LogP) is 5.29. The van der Waals surface area contributed by atoms with Crippen LogP contribution < -0.4 is 0 Å². The van der Waals surface area contributed by atoms with Crippen LogP contribution in [0.25, 0.3) is 0 Å². The first-order valence-corrected chi connectivity index (χ1v) is 13.2. The molecule has 0 aliphatic heterocycles. The van der Waals surface area contributed by atoms with E-state index in [1.165, 1.54) is 64.2 Å². The molecule has 0 amide bonds. The summed E-state index contributed by atoms with van der Waals surface area (Å²) in [7, 11) is 0. The van der Waals surface area contributed by atoms with Crippen LogP contribution in [0.1, 0.15) is 104 Å². The topological polar surface area (TPSA) is 77.8 Å². The lowest BCUT2D eigenvalue weighted by molar-refractivity contribution is -0.333. The monoisotopic (exact) mass is 434 g/mol. The molecule has 0 bridgehead atoms. The Hall–Kier alpha value is -0.450. The summed E-state index contributed by atoms with van der Waals surface area (Å²) in [6.07, 6.45) is 16.8. The summed E-state index contributed by atoms with van der Waals surface area (Å²) in [6, 6.07) is 0. The maximum absolute atomic E-state index is 11.1. The molecule has 2 unspecified atom stereocenters. The van der Waals surface area contributed by atoms with Gasteiger partial charge in [-0.3, -0.25) is 0 Å². The van der Waals surface area contributed by atoms with Crippen LogP contribution in [0.2, 0.25) is 0 Å². The predicted molar refractivity (Wildman–Crippen MR) is 122 cm³/mol. The van der Waals surface area contributed by atoms with Crippen molar-refractivity contribution in [2.45, 2.75) is 110 Å². The zero-order valence-corrected chi connectivity index (χ0v) is 20.1. The van der Waals surface area contributed by atoms with Gasteiger partial charge < -0.3 is 20.1 Å². The van der Waals surface area contributed by atoms with E-state index in [-0.39, 0.29) is 0 Å². The Bertz CT molecular complexity index is 642. The van der Waals surface area contributed by atoms with Crippen molar-refractivity contribution in [2.75, 3.05) is 0 Å². The smallest absolute Gasteiger partial charge is 0.285 e. The lowest BCUT2D eigenvalue weighted by Crippen LogP contribution is -2.53. The second-order valence-corrected chi connectivity index (χ2v) is 12.5. The van der Waals surface area contributed by atoms with Crippen LogP contribution in [-0.4, -0.2) is 27.6 Å². The molecule has 0 heterocycles. The van der Waals surface area contributed by atoms with E-state index in [1.54, 1.807) is 0 Å². The van der Waals surface area contributed by atoms with E-state index in [0.717, 1.165) is 42.4 Å². The molecule has 4 saturated carbocycles. The fraction of sp³-hybridized carbons (Fsp3) is 0.963. The summed E-state index contributed by atoms with van der Waals surface area (Å²) in [5.41, 5.74) is 1.04. The molecule has 0 radical (unpaired) electrons. The molecule has 0 spiro atoms. The van der Waals surface area contributed by atoms with Gasteiger partial charge in [-0.2, -0.15) is 0 Å². The van der Waals surface area contributed by atoms with Crippen molar-refractivity contribution < 1.29 is 20.1 Å². The zero-order valence-electron chi connectivity index (χ0n) is 20.1. The summed E-state index contributed by atoms with van der Waals surface area (Å²) in [5.74, 6) is 1.02. The molecule has 0 aromatic heterocycles. The normalized spacial score (nSPS) is 44.6. The van der Waals surface area contributed by atoms with Gasteiger partial charge in [-0.15, -0.1) is 0 Å². The van der Waals surface area contributed by atoms with Crippen molar-refractivity contribution >= 4 is 6.29 Å². The Morgan fingerprint density at radius 1 is 0.903 bits per heavy atom. The molecule has 0 aromatic rings. The average molecular weight is 435 g/mol. The van der Waals surface area contributed by atoms with Crippen molar-refractivity contribution in [3.8, 4) is 0 Å². The standard InChI is InChI=1S/C27H46O4/c1-18(7-6-9-20(17-28)27(29,30)31)22-12-13-23-21-11-10-19-8-4-5-15-25(19,2)24(21)14-16-26(22,23)3/h17-24,29-31H,4-16H2,1-3H3/t18?,19-,20?,21-,22+,23-,24-,25-,26+/m0/s1. The molecule has 4 aliphatic carbocycles. The number of hydrogen-bond donors (Lipinski definition) is 3. The zero-order chi connectivity index (χ0) is 22.4. The summed E-state index contributed by atoms with van der Waals surface area (Å²) >= 11 is 0. The third-order valence-electron chi connectivity index (χ3n) is 11.2. The molecular weight excluding hydrogens is 388 g/mol. The molecule has 3 N–H and O–H groups in total. The number of carbonyl (C=O) groups is 1. The van der Waals surface area contributed by atoms with Crippen LogP contribution in [0, 0.1) is 52.3 Å². The molecule has 4 nitrogen and oxygen atoms in total. The molecule has 4 fully saturated rings. The van der Waals surface area contributed by atoms with Crippen LogP contribution in [0.4, 0.5) is 0 Å². The van der Waals surface area contributed by atoms with Gasteiger partial charge >= 0.3 is 0 Å². The van der Waals surface area contributed by atoms with E-state index in [9.17, 15) is 20.1 Å². The number of hydrogen-bond acceptors (Lipinski definition) is 4. The van der Waals surface area contributed by atoms with Gasteiger partial charge in [0.15, 0.2) is 0 Å². The van der Waals surface area contributed by atoms with Crippen LogP contribution in [0.5, 0.6) is 0 Å². The maximum Gasteiger partial charge on any atom is 0.285 e. The summed E-state index contributed by atoms with van der Waals surface area (Å²) in [5, 5.41) is 28.0. The summed E-state index contributed by atoms with van der Waals surface area (Å²) < 4.78 is 0. The highest BCUT2D eigenvalue weighted by atomic mass is 16.7. The number of fused-ring (bicyclic) bond motifs is 5. The minimum absolute atomic E-state index is 0.328. The molecule has 31 heavy (non-hydrogen) atoms. The van der Waals surface area contributed by atoms with E-state index in [4.69, 9.17) is 0 Å². The van der Waals surface area contributed by atoms with Crippen molar-refractivity contribution in [1.82, 2.24) is 0 Å². The van der Waals surface area contributed by atoms with Crippen LogP contribution in [-0.2, 0) is 4.79 Å². The number of rotatable bonds is 7. The average Bonchev–Trinajstić information content (AvgIpc) is 3.07. The highest BCUT2D eigenvalue weighted by Crippen LogP contribution is 2.68. The van der Waals surface area contributed by atoms with E-state index in [2.05, 4.69) is 20.8 Å². The third kappa shape index (κ3) is 4.15. The molecule has 4 aliphatic rings. The van der Waals surface area contributed by atoms with Gasteiger partial charge in [-0.05, 0) is 104 Å². The minimum atomic E-state index is -2.89. The van der Waals surface area contributed by atoms with Gasteiger partial charge in [0.1, 0.15) is 6.29 Å². The molecule has 178 valence electrons. The number of aldehydes is 1. The van der Waals surface area contributed by atoms with Crippen molar-refractivity contribution in [3.63, 3.8) is 0 Å². The first-order chi connectivity index (χ1) is 14.6. The van der Waals surface area contributed by atoms with Crippen LogP contribution in [0.3, 0.4) is 0 Å². The highest BCUT2D eigenvalue weighted by molar-refractivity contribution is 5.54. The fourth-order valence-electron chi connectivity index (χ4n) is 9.48. The van der Waals surface area contributed by atoms with E-state index in [1.807, 2.05) is 0 Å². The van der Waals surface area contributed by atoms with E-state index >= 15 is 0 Å². The Kier molecular flexibility index (Phi) is 6.67. The van der Waals surface area contributed by atoms with Crippen molar-refractivity contribution in [1.29, 1.82) is 0 Å². The first-order valence-electron chi connectivity index (χ1n) is 13.2. The molecular formula is C27H46O4. The summed E-state index contributed by atoms with van der Waals surface area (Å²) in [4.78, 5) is 11.1. The van der Waals surface area contributed by atoms with Gasteiger partial charge in [0.2, 0.25) is 0 Å². The molecule has 0 aromatic carbocycles. The van der Waals surface area contributed by atoms with Crippen LogP contribution in [0.15, 0.2) is 0 Å². The lowest BCUT2D eigenvalue weighted by Gasteiger charge is -2.61. The molecule has 9 atom stereocenters. The number of aliphatic hydroxyl groups is 3. The van der Waals surface area contributed by atoms with Crippen molar-refractivity contribution in [3.05, 3.63) is 0 Å². The quantitative estimate of drug-likeness (QED) is 0.376. The van der Waals surface area contributed by atoms with Gasteiger partial charge in [0.25, 0.3) is 5.97 Å². The Morgan fingerprint density at radius 3 is 2.35 bits per heavy atom. The van der Waals surface area contributed by atoms with E-state index in [0.29, 0.717) is 29.5 Å². The van der Waals surface area contributed by atoms with Crippen molar-refractivity contribution in [2.24, 2.45) is 52.3 Å². The third-order valence-corrected chi connectivity index (χ3v) is 11.2. The molecule has 4 rings (SSSR count). The SMILES string of the molecule is CC(CCCC(C=O)C(O)(O)O)[C@H]1CC[C@H]2[C@@H]3CC[C@@H]4CCCC[C@]4(C)[C@H]3CC[C@]12C. The first kappa shape index (κ1) is 23.7. The fourth-order valence-corrected chi connectivity index (χ4v) is 9.48. The van der Waals surface area contributed by atoms with Gasteiger partial charge in [-0.25, -0.2) is 0 Å². The molecule has 0 saturated heterocycles. The Balaban J connectivity index is 1.40. The lowest BCUT2D eigenvalue weighted by atomic mass is 9.44. The second kappa shape index (κ2) is 8.72. The molecule has 4 heteroatoms. The van der Waals surface area contributed by atoms with Gasteiger partial charge in [0, 0.05) is 0 Å². The number of carbonyl (C=O) groups excluding carboxylic acids is 1. The Morgan fingerprint density at radius 2 is 1.65 bits per heavy atom. The van der Waals surface area contributed by atoms with Gasteiger partial charge in [-0.1, -0.05) is 46.5 Å². The highest BCUT2D eigenvalue weighted by Gasteiger charge is 2.60. The second-order valence-electron chi connectivity index (χ2n) is 12.5. The largest absolute Gasteiger partial charge is 0.343 e. The Labute approximate surface area is 189 Å². The summed E-state index contributed by atoms with van der Waals surface area (Å²) in [6.45, 7) is 7.60. The minimum Gasteiger partial charge on any atom is -0.343 e. The van der Waals surface area contributed by atoms with E-state index < -0.39 is 11.9 Å². The van der Waals surface area contributed by atoms with Crippen LogP contribution >= 0.6 is 0 Å².